The fourth-order valence-electron chi connectivity index (χ4n) is 5.49. The molecule has 4 amide bonds. The van der Waals surface area contributed by atoms with Crippen molar-refractivity contribution in [2.75, 3.05) is 6.54 Å². The van der Waals surface area contributed by atoms with Gasteiger partial charge in [0.25, 0.3) is 5.92 Å². The van der Waals surface area contributed by atoms with Crippen LogP contribution in [0.15, 0.2) is 0 Å². The zero-order chi connectivity index (χ0) is 27.7. The van der Waals surface area contributed by atoms with Crippen LogP contribution in [0.3, 0.4) is 0 Å². The van der Waals surface area contributed by atoms with Crippen LogP contribution in [-0.4, -0.2) is 71.3 Å². The van der Waals surface area contributed by atoms with Crippen molar-refractivity contribution in [2.45, 2.75) is 88.6 Å². The van der Waals surface area contributed by atoms with Crippen molar-refractivity contribution in [1.82, 2.24) is 20.9 Å². The Morgan fingerprint density at radius 2 is 1.86 bits per heavy atom. The van der Waals surface area contributed by atoms with Crippen molar-refractivity contribution in [3.8, 4) is 6.07 Å². The second kappa shape index (κ2) is 10.8. The molecule has 4 aliphatic rings. The highest BCUT2D eigenvalue weighted by atomic mass is 19.4. The average Bonchev–Trinajstić information content (AvgIpc) is 3.19. The van der Waals surface area contributed by atoms with E-state index in [0.717, 1.165) is 4.90 Å². The van der Waals surface area contributed by atoms with Crippen molar-refractivity contribution in [1.29, 1.82) is 5.26 Å². The first-order valence-corrected chi connectivity index (χ1v) is 12.2. The number of hydrogen-bond donors (Lipinski definition) is 3. The quantitative estimate of drug-likeness (QED) is 0.407. The van der Waals surface area contributed by atoms with Crippen LogP contribution in [0.4, 0.5) is 22.0 Å². The van der Waals surface area contributed by atoms with E-state index in [4.69, 9.17) is 0 Å². The van der Waals surface area contributed by atoms with Gasteiger partial charge < -0.3 is 20.9 Å². The van der Waals surface area contributed by atoms with Gasteiger partial charge in [0, 0.05) is 24.9 Å². The van der Waals surface area contributed by atoms with Gasteiger partial charge in [0.1, 0.15) is 18.1 Å². The molecule has 4 fully saturated rings. The predicted octanol–water partition coefficient (Wildman–Crippen LogP) is 1.63. The first-order chi connectivity index (χ1) is 17.2. The molecule has 4 rings (SSSR count). The van der Waals surface area contributed by atoms with E-state index in [1.165, 1.54) is 0 Å². The number of amides is 4. The first-order valence-electron chi connectivity index (χ1n) is 12.2. The summed E-state index contributed by atoms with van der Waals surface area (Å²) in [6, 6.07) is -3.94. The van der Waals surface area contributed by atoms with Crippen molar-refractivity contribution >= 4 is 23.6 Å². The molecule has 0 radical (unpaired) electrons. The average molecular weight is 536 g/mol. The molecule has 0 aromatic carbocycles. The minimum atomic E-state index is -5.27. The van der Waals surface area contributed by atoms with Crippen molar-refractivity contribution in [3.05, 3.63) is 0 Å². The Bertz CT molecular complexity index is 966. The molecule has 37 heavy (non-hydrogen) atoms. The zero-order valence-corrected chi connectivity index (χ0v) is 20.4. The van der Waals surface area contributed by atoms with E-state index >= 15 is 0 Å². The number of halogens is 5. The molecule has 14 heteroatoms. The largest absolute Gasteiger partial charge is 0.471 e. The van der Waals surface area contributed by atoms with Gasteiger partial charge in [-0.05, 0) is 38.0 Å². The molecule has 2 bridgehead atoms. The van der Waals surface area contributed by atoms with Gasteiger partial charge in [-0.15, -0.1) is 0 Å². The van der Waals surface area contributed by atoms with Gasteiger partial charge in [0.2, 0.25) is 17.7 Å². The lowest BCUT2D eigenvalue weighted by molar-refractivity contribution is -0.196. The lowest BCUT2D eigenvalue weighted by Gasteiger charge is -2.54. The molecule has 0 unspecified atom stereocenters. The Kier molecular flexibility index (Phi) is 8.34. The van der Waals surface area contributed by atoms with E-state index in [1.54, 1.807) is 19.2 Å². The van der Waals surface area contributed by atoms with Gasteiger partial charge in [-0.1, -0.05) is 13.8 Å². The zero-order valence-electron chi connectivity index (χ0n) is 20.4. The van der Waals surface area contributed by atoms with Gasteiger partial charge in [-0.25, -0.2) is 8.78 Å². The summed E-state index contributed by atoms with van der Waals surface area (Å²) in [6.45, 7) is 3.62. The van der Waals surface area contributed by atoms with E-state index in [2.05, 4.69) is 10.6 Å². The SMILES string of the molecule is CC(C)C[C@H](NC(=O)C(F)(F)F)C(=O)N1[C@H]2CC[C@@H]([C@@H]1C(=O)N[C@@H](C#N)C[C@H]1CCNC1=O)C(F)(F)C2. The van der Waals surface area contributed by atoms with Gasteiger partial charge in [0.15, 0.2) is 0 Å². The Morgan fingerprint density at radius 1 is 1.19 bits per heavy atom. The topological polar surface area (TPSA) is 131 Å². The summed E-state index contributed by atoms with van der Waals surface area (Å²) in [5, 5.41) is 16.1. The fraction of sp³-hybridized carbons (Fsp3) is 0.783. The van der Waals surface area contributed by atoms with Crippen LogP contribution in [0, 0.1) is 29.1 Å². The van der Waals surface area contributed by atoms with Gasteiger partial charge in [0.05, 0.1) is 12.0 Å². The number of hydrogen-bond acceptors (Lipinski definition) is 5. The molecule has 1 aliphatic carbocycles. The maximum absolute atomic E-state index is 14.9. The predicted molar refractivity (Wildman–Crippen MR) is 117 cm³/mol. The minimum absolute atomic E-state index is 0.0587. The van der Waals surface area contributed by atoms with E-state index in [-0.39, 0.29) is 37.5 Å². The summed E-state index contributed by atoms with van der Waals surface area (Å²) in [6.07, 6.45) is -5.87. The Hall–Kier alpha value is -2.98. The number of carbonyl (C=O) groups is 4. The number of carbonyl (C=O) groups excluding carboxylic acids is 4. The molecule has 3 heterocycles. The standard InChI is InChI=1S/C23H30F5N5O4/c1-11(2)7-16(32-21(37)23(26,27)28)20(36)33-14-3-4-15(22(24,25)9-14)17(33)19(35)31-13(10-29)8-12-5-6-30-18(12)34/h11-17H,3-9H2,1-2H3,(H,30,34)(H,31,35)(H,32,37)/t12-,13-,14+,15+,16+,17-/m1/s1. The molecule has 3 aliphatic heterocycles. The number of alkyl halides is 5. The molecular formula is C23H30F5N5O4. The number of fused-ring (bicyclic) bond motifs is 3. The van der Waals surface area contributed by atoms with Crippen LogP contribution in [-0.2, 0) is 19.2 Å². The normalized spacial score (nSPS) is 28.3. The maximum atomic E-state index is 14.9. The highest BCUT2D eigenvalue weighted by Crippen LogP contribution is 2.49. The second-order valence-corrected chi connectivity index (χ2v) is 10.3. The maximum Gasteiger partial charge on any atom is 0.471 e. The van der Waals surface area contributed by atoms with Crippen LogP contribution in [0.2, 0.25) is 0 Å². The third-order valence-electron chi connectivity index (χ3n) is 7.18. The van der Waals surface area contributed by atoms with E-state index in [9.17, 15) is 46.4 Å². The molecule has 206 valence electrons. The van der Waals surface area contributed by atoms with Crippen LogP contribution < -0.4 is 16.0 Å². The number of nitrogens with zero attached hydrogens (tertiary/aromatic N) is 2. The third-order valence-corrected chi connectivity index (χ3v) is 7.18. The summed E-state index contributed by atoms with van der Waals surface area (Å²) in [5.74, 6) is -10.6. The van der Waals surface area contributed by atoms with Crippen LogP contribution >= 0.6 is 0 Å². The van der Waals surface area contributed by atoms with Gasteiger partial charge in [-0.3, -0.25) is 19.2 Å². The summed E-state index contributed by atoms with van der Waals surface area (Å²) >= 11 is 0. The molecule has 0 spiro atoms. The second-order valence-electron chi connectivity index (χ2n) is 10.3. The third kappa shape index (κ3) is 6.30. The highest BCUT2D eigenvalue weighted by Gasteiger charge is 2.61. The van der Waals surface area contributed by atoms with Crippen molar-refractivity contribution < 1.29 is 41.1 Å². The van der Waals surface area contributed by atoms with Crippen LogP contribution in [0.1, 0.15) is 52.4 Å². The van der Waals surface area contributed by atoms with Crippen LogP contribution in [0.25, 0.3) is 0 Å². The Labute approximate surface area is 210 Å². The highest BCUT2D eigenvalue weighted by molar-refractivity contribution is 5.94. The first kappa shape index (κ1) is 28.6. The van der Waals surface area contributed by atoms with Crippen LogP contribution in [0.5, 0.6) is 0 Å². The van der Waals surface area contributed by atoms with Crippen molar-refractivity contribution in [3.63, 3.8) is 0 Å². The molecule has 9 nitrogen and oxygen atoms in total. The van der Waals surface area contributed by atoms with E-state index < -0.39 is 72.2 Å². The number of nitriles is 1. The smallest absolute Gasteiger partial charge is 0.356 e. The molecular weight excluding hydrogens is 505 g/mol. The summed E-state index contributed by atoms with van der Waals surface area (Å²) < 4.78 is 68.5. The Balaban J connectivity index is 1.87. The summed E-state index contributed by atoms with van der Waals surface area (Å²) in [5.41, 5.74) is 0. The molecule has 0 aromatic rings. The van der Waals surface area contributed by atoms with Crippen molar-refractivity contribution in [2.24, 2.45) is 17.8 Å². The van der Waals surface area contributed by atoms with Gasteiger partial charge >= 0.3 is 12.1 Å². The Morgan fingerprint density at radius 3 is 2.38 bits per heavy atom. The van der Waals surface area contributed by atoms with E-state index in [0.29, 0.717) is 13.0 Å². The molecule has 6 atom stereocenters. The molecule has 3 N–H and O–H groups in total. The summed E-state index contributed by atoms with van der Waals surface area (Å²) in [7, 11) is 0. The molecule has 1 saturated carbocycles. The fourth-order valence-corrected chi connectivity index (χ4v) is 5.49. The number of rotatable bonds is 8. The molecule has 3 saturated heterocycles. The lowest BCUT2D eigenvalue weighted by Crippen LogP contribution is -2.71. The number of piperidine rings is 2. The molecule has 0 aromatic heterocycles. The lowest BCUT2D eigenvalue weighted by atomic mass is 9.71. The van der Waals surface area contributed by atoms with Gasteiger partial charge in [-0.2, -0.15) is 18.4 Å². The van der Waals surface area contributed by atoms with E-state index in [1.807, 2.05) is 6.07 Å². The summed E-state index contributed by atoms with van der Waals surface area (Å²) in [4.78, 5) is 51.1. The minimum Gasteiger partial charge on any atom is -0.356 e. The monoisotopic (exact) mass is 535 g/mol. The number of nitrogens with one attached hydrogen (secondary N) is 3.